The number of aryl methyl sites for hydroxylation is 1. The van der Waals surface area contributed by atoms with Gasteiger partial charge in [-0.3, -0.25) is 8.77 Å². The number of esters is 1. The quantitative estimate of drug-likeness (QED) is 0.820. The van der Waals surface area contributed by atoms with Crippen molar-refractivity contribution in [3.63, 3.8) is 0 Å². The van der Waals surface area contributed by atoms with E-state index >= 15 is 0 Å². The number of aromatic nitrogens is 1. The van der Waals surface area contributed by atoms with E-state index in [-0.39, 0.29) is 5.91 Å². The first-order valence-corrected chi connectivity index (χ1v) is 6.77. The van der Waals surface area contributed by atoms with Crippen LogP contribution in [0.2, 0.25) is 0 Å². The van der Waals surface area contributed by atoms with Gasteiger partial charge in [-0.2, -0.15) is 0 Å². The lowest BCUT2D eigenvalue weighted by molar-refractivity contribution is 0.0600. The Morgan fingerprint density at radius 3 is 2.90 bits per heavy atom. The molecule has 1 aliphatic heterocycles. The molecule has 0 saturated carbocycles. The van der Waals surface area contributed by atoms with E-state index in [1.165, 1.54) is 19.1 Å². The molecule has 1 N–H and O–H groups in total. The van der Waals surface area contributed by atoms with E-state index < -0.39 is 5.97 Å². The van der Waals surface area contributed by atoms with Gasteiger partial charge in [-0.15, -0.1) is 0 Å². The van der Waals surface area contributed by atoms with E-state index in [2.05, 4.69) is 10.1 Å². The topological polar surface area (TPSA) is 60.3 Å². The molecular weight excluding hydrogens is 276 g/mol. The highest BCUT2D eigenvalue weighted by atomic mass is 32.2. The van der Waals surface area contributed by atoms with Crippen LogP contribution in [0.1, 0.15) is 26.4 Å². The van der Waals surface area contributed by atoms with E-state index in [0.717, 1.165) is 10.5 Å². The normalized spacial score (nSPS) is 13.0. The molecule has 0 saturated heterocycles. The van der Waals surface area contributed by atoms with Crippen LogP contribution in [-0.2, 0) is 4.74 Å². The molecule has 0 bridgehead atoms. The molecule has 0 fully saturated rings. The number of methoxy groups -OCH3 is 1. The van der Waals surface area contributed by atoms with Gasteiger partial charge in [0.25, 0.3) is 5.91 Å². The Balaban J connectivity index is 2.06. The van der Waals surface area contributed by atoms with E-state index in [4.69, 9.17) is 0 Å². The molecule has 1 aliphatic rings. The summed E-state index contributed by atoms with van der Waals surface area (Å²) in [5, 5.41) is 2.82. The molecule has 0 unspecified atom stereocenters. The summed E-state index contributed by atoms with van der Waals surface area (Å²) >= 11 is 1.44. The van der Waals surface area contributed by atoms with Gasteiger partial charge in [-0.1, -0.05) is 0 Å². The first kappa shape index (κ1) is 12.8. The number of hydrogen-bond donors (Lipinski definition) is 1. The predicted molar refractivity (Wildman–Crippen MR) is 76.2 cm³/mol. The zero-order valence-corrected chi connectivity index (χ0v) is 11.8. The van der Waals surface area contributed by atoms with Crippen LogP contribution in [0, 0.1) is 6.92 Å². The predicted octanol–water partition coefficient (Wildman–Crippen LogP) is 2.70. The van der Waals surface area contributed by atoms with Crippen molar-refractivity contribution in [2.45, 2.75) is 11.8 Å². The lowest BCUT2D eigenvalue weighted by atomic mass is 10.2. The van der Waals surface area contributed by atoms with Gasteiger partial charge in [0.15, 0.2) is 0 Å². The molecule has 0 radical (unpaired) electrons. The number of amides is 1. The van der Waals surface area contributed by atoms with Crippen LogP contribution >= 0.6 is 11.9 Å². The van der Waals surface area contributed by atoms with Crippen LogP contribution in [0.4, 0.5) is 5.69 Å². The highest BCUT2D eigenvalue weighted by molar-refractivity contribution is 7.98. The average molecular weight is 288 g/mol. The number of ether oxygens (including phenoxy) is 1. The molecule has 5 nitrogen and oxygen atoms in total. The first-order valence-electron chi connectivity index (χ1n) is 5.99. The Hall–Kier alpha value is -2.21. The third-order valence-corrected chi connectivity index (χ3v) is 4.05. The van der Waals surface area contributed by atoms with Crippen LogP contribution in [-0.4, -0.2) is 23.0 Å². The zero-order chi connectivity index (χ0) is 14.3. The lowest BCUT2D eigenvalue weighted by Crippen LogP contribution is -2.13. The van der Waals surface area contributed by atoms with Crippen molar-refractivity contribution in [1.29, 1.82) is 0 Å². The van der Waals surface area contributed by atoms with Crippen LogP contribution in [0.5, 0.6) is 0 Å². The van der Waals surface area contributed by atoms with Crippen LogP contribution in [0.15, 0.2) is 35.4 Å². The van der Waals surface area contributed by atoms with Crippen molar-refractivity contribution in [3.05, 3.63) is 47.3 Å². The molecule has 20 heavy (non-hydrogen) atoms. The van der Waals surface area contributed by atoms with Gasteiger partial charge in [0.2, 0.25) is 0 Å². The maximum Gasteiger partial charge on any atom is 0.337 e. The molecule has 1 aromatic heterocycles. The molecule has 3 rings (SSSR count). The largest absolute Gasteiger partial charge is 0.465 e. The monoisotopic (exact) mass is 288 g/mol. The summed E-state index contributed by atoms with van der Waals surface area (Å²) < 4.78 is 6.51. The fourth-order valence-corrected chi connectivity index (χ4v) is 3.06. The summed E-state index contributed by atoms with van der Waals surface area (Å²) in [7, 11) is 1.33. The van der Waals surface area contributed by atoms with Gasteiger partial charge in [0.05, 0.1) is 23.3 Å². The summed E-state index contributed by atoms with van der Waals surface area (Å²) in [6, 6.07) is 6.95. The summed E-state index contributed by atoms with van der Waals surface area (Å²) in [5.74, 6) is -0.613. The number of benzene rings is 1. The smallest absolute Gasteiger partial charge is 0.337 e. The fourth-order valence-electron chi connectivity index (χ4n) is 2.06. The highest BCUT2D eigenvalue weighted by Gasteiger charge is 2.21. The number of carbonyl (C=O) groups excluding carboxylic acids is 2. The average Bonchev–Trinajstić information content (AvgIpc) is 2.75. The van der Waals surface area contributed by atoms with Gasteiger partial charge >= 0.3 is 5.97 Å². The van der Waals surface area contributed by atoms with Gasteiger partial charge < -0.3 is 10.1 Å². The highest BCUT2D eigenvalue weighted by Crippen LogP contribution is 2.34. The van der Waals surface area contributed by atoms with Crippen molar-refractivity contribution in [3.8, 4) is 0 Å². The molecule has 0 spiro atoms. The van der Waals surface area contributed by atoms with Gasteiger partial charge in [0.1, 0.15) is 5.69 Å². The number of carbonyl (C=O) groups is 2. The Kier molecular flexibility index (Phi) is 3.02. The Morgan fingerprint density at radius 2 is 2.15 bits per heavy atom. The van der Waals surface area contributed by atoms with E-state index in [1.807, 2.05) is 23.2 Å². The second-order valence-corrected chi connectivity index (χ2v) is 5.49. The molecule has 2 heterocycles. The zero-order valence-electron chi connectivity index (χ0n) is 11.0. The van der Waals surface area contributed by atoms with E-state index in [9.17, 15) is 9.59 Å². The number of fused-ring (bicyclic) bond motifs is 2. The second-order valence-electron chi connectivity index (χ2n) is 4.48. The summed E-state index contributed by atoms with van der Waals surface area (Å²) in [4.78, 5) is 24.6. The third kappa shape index (κ3) is 2.08. The summed E-state index contributed by atoms with van der Waals surface area (Å²) in [5.41, 5.74) is 2.64. The second kappa shape index (κ2) is 4.72. The van der Waals surface area contributed by atoms with Gasteiger partial charge in [-0.05, 0) is 48.7 Å². The molecule has 1 amide bonds. The molecule has 102 valence electrons. The fraction of sp³-hybridized carbons (Fsp3) is 0.143. The Bertz CT molecular complexity index is 721. The van der Waals surface area contributed by atoms with Crippen LogP contribution < -0.4 is 5.32 Å². The molecular formula is C14H12N2O3S. The SMILES string of the molecule is COC(=O)c1ccc2c(c1)NC(=O)c1cc(C)cn1S2. The maximum atomic E-state index is 12.2. The number of rotatable bonds is 1. The van der Waals surface area contributed by atoms with Gasteiger partial charge in [-0.25, -0.2) is 4.79 Å². The van der Waals surface area contributed by atoms with Crippen molar-refractivity contribution >= 4 is 29.5 Å². The number of nitrogens with one attached hydrogen (secondary N) is 1. The molecule has 0 atom stereocenters. The standard InChI is InChI=1S/C14H12N2O3S/c1-8-5-11-13(17)15-10-6-9(14(18)19-2)3-4-12(10)20-16(11)7-8/h3-7H,1-2H3,(H,15,17). The molecule has 1 aromatic carbocycles. The number of hydrogen-bond acceptors (Lipinski definition) is 4. The minimum absolute atomic E-state index is 0.189. The van der Waals surface area contributed by atoms with Crippen LogP contribution in [0.25, 0.3) is 0 Å². The van der Waals surface area contributed by atoms with E-state index in [0.29, 0.717) is 16.9 Å². The maximum absolute atomic E-state index is 12.2. The third-order valence-electron chi connectivity index (χ3n) is 3.00. The van der Waals surface area contributed by atoms with Gasteiger partial charge in [0, 0.05) is 6.20 Å². The van der Waals surface area contributed by atoms with Crippen molar-refractivity contribution in [1.82, 2.24) is 3.97 Å². The summed E-state index contributed by atoms with van der Waals surface area (Å²) in [6.45, 7) is 1.94. The number of nitrogens with zero attached hydrogens (tertiary/aromatic N) is 1. The van der Waals surface area contributed by atoms with E-state index in [1.54, 1.807) is 18.2 Å². The number of anilines is 1. The van der Waals surface area contributed by atoms with Crippen molar-refractivity contribution in [2.24, 2.45) is 0 Å². The minimum atomic E-state index is -0.424. The lowest BCUT2D eigenvalue weighted by Gasteiger charge is -2.07. The molecule has 6 heteroatoms. The van der Waals surface area contributed by atoms with Crippen molar-refractivity contribution in [2.75, 3.05) is 12.4 Å². The van der Waals surface area contributed by atoms with Crippen LogP contribution in [0.3, 0.4) is 0 Å². The molecule has 0 aliphatic carbocycles. The van der Waals surface area contributed by atoms with Crippen molar-refractivity contribution < 1.29 is 14.3 Å². The summed E-state index contributed by atoms with van der Waals surface area (Å²) in [6.07, 6.45) is 1.91. The molecule has 2 aromatic rings. The Morgan fingerprint density at radius 1 is 1.35 bits per heavy atom. The minimum Gasteiger partial charge on any atom is -0.465 e. The Labute approximate surface area is 120 Å². The first-order chi connectivity index (χ1) is 9.58.